The van der Waals surface area contributed by atoms with Crippen molar-refractivity contribution in [1.82, 2.24) is 10.6 Å². The number of carbonyl (C=O) groups is 1. The molecule has 1 saturated heterocycles. The summed E-state index contributed by atoms with van der Waals surface area (Å²) >= 11 is 0. The van der Waals surface area contributed by atoms with E-state index in [9.17, 15) is 13.6 Å². The van der Waals surface area contributed by atoms with E-state index in [-0.39, 0.29) is 17.3 Å². The molecule has 0 aromatic heterocycles. The molecule has 0 aliphatic carbocycles. The van der Waals surface area contributed by atoms with Crippen LogP contribution in [0.5, 0.6) is 5.75 Å². The Morgan fingerprint density at radius 2 is 2.10 bits per heavy atom. The SMILES string of the molecule is CC1CNC(C(=O)Nc2ccccc2OC(F)F)CN1. The lowest BCUT2D eigenvalue weighted by Crippen LogP contribution is -2.57. The van der Waals surface area contributed by atoms with Crippen LogP contribution in [0.3, 0.4) is 0 Å². The molecule has 20 heavy (non-hydrogen) atoms. The van der Waals surface area contributed by atoms with Gasteiger partial charge in [-0.3, -0.25) is 4.79 Å². The molecule has 1 aliphatic rings. The van der Waals surface area contributed by atoms with Crippen LogP contribution in [0.2, 0.25) is 0 Å². The molecule has 1 heterocycles. The lowest BCUT2D eigenvalue weighted by Gasteiger charge is -2.28. The highest BCUT2D eigenvalue weighted by atomic mass is 19.3. The van der Waals surface area contributed by atoms with E-state index in [0.717, 1.165) is 0 Å². The van der Waals surface area contributed by atoms with Crippen molar-refractivity contribution in [3.63, 3.8) is 0 Å². The maximum Gasteiger partial charge on any atom is 0.387 e. The van der Waals surface area contributed by atoms with Crippen LogP contribution in [0, 0.1) is 0 Å². The second-order valence-corrected chi connectivity index (χ2v) is 4.63. The zero-order chi connectivity index (χ0) is 14.5. The Hall–Kier alpha value is -1.73. The summed E-state index contributed by atoms with van der Waals surface area (Å²) in [6.45, 7) is 0.244. The predicted octanol–water partition coefficient (Wildman–Crippen LogP) is 1.18. The third-order valence-corrected chi connectivity index (χ3v) is 3.02. The lowest BCUT2D eigenvalue weighted by atomic mass is 10.1. The van der Waals surface area contributed by atoms with Gasteiger partial charge in [-0.05, 0) is 19.1 Å². The van der Waals surface area contributed by atoms with Crippen molar-refractivity contribution in [2.45, 2.75) is 25.6 Å². The maximum absolute atomic E-state index is 12.3. The molecule has 2 atom stereocenters. The van der Waals surface area contributed by atoms with Crippen molar-refractivity contribution in [1.29, 1.82) is 0 Å². The molecule has 7 heteroatoms. The molecule has 0 spiro atoms. The molecule has 0 radical (unpaired) electrons. The molecule has 1 aliphatic heterocycles. The first-order valence-electron chi connectivity index (χ1n) is 6.37. The van der Waals surface area contributed by atoms with E-state index in [2.05, 4.69) is 20.7 Å². The smallest absolute Gasteiger partial charge is 0.387 e. The predicted molar refractivity (Wildman–Crippen MR) is 71.0 cm³/mol. The van der Waals surface area contributed by atoms with E-state index < -0.39 is 12.7 Å². The van der Waals surface area contributed by atoms with Gasteiger partial charge >= 0.3 is 6.61 Å². The zero-order valence-corrected chi connectivity index (χ0v) is 11.0. The first-order chi connectivity index (χ1) is 9.56. The van der Waals surface area contributed by atoms with Crippen LogP contribution in [0.25, 0.3) is 0 Å². The van der Waals surface area contributed by atoms with Crippen LogP contribution in [-0.4, -0.2) is 37.7 Å². The molecular weight excluding hydrogens is 268 g/mol. The number of anilines is 1. The third kappa shape index (κ3) is 3.88. The second-order valence-electron chi connectivity index (χ2n) is 4.63. The fourth-order valence-electron chi connectivity index (χ4n) is 1.96. The number of piperazine rings is 1. The quantitative estimate of drug-likeness (QED) is 0.777. The summed E-state index contributed by atoms with van der Waals surface area (Å²) in [5.41, 5.74) is 0.234. The van der Waals surface area contributed by atoms with Gasteiger partial charge in [0.1, 0.15) is 5.75 Å². The van der Waals surface area contributed by atoms with E-state index >= 15 is 0 Å². The molecule has 5 nitrogen and oxygen atoms in total. The first kappa shape index (κ1) is 14.7. The molecule has 110 valence electrons. The number of alkyl halides is 2. The highest BCUT2D eigenvalue weighted by Crippen LogP contribution is 2.25. The normalized spacial score (nSPS) is 22.6. The Morgan fingerprint density at radius 1 is 1.35 bits per heavy atom. The molecular formula is C13H17F2N3O2. The summed E-state index contributed by atoms with van der Waals surface area (Å²) < 4.78 is 28.9. The average Bonchev–Trinajstić information content (AvgIpc) is 2.41. The minimum Gasteiger partial charge on any atom is -0.433 e. The lowest BCUT2D eigenvalue weighted by molar-refractivity contribution is -0.118. The van der Waals surface area contributed by atoms with Gasteiger partial charge in [-0.25, -0.2) is 0 Å². The number of hydrogen-bond acceptors (Lipinski definition) is 4. The summed E-state index contributed by atoms with van der Waals surface area (Å²) in [6, 6.07) is 6.02. The molecule has 1 amide bonds. The fourth-order valence-corrected chi connectivity index (χ4v) is 1.96. The number of hydrogen-bond donors (Lipinski definition) is 3. The molecule has 0 bridgehead atoms. The summed E-state index contributed by atoms with van der Waals surface area (Å²) in [6.07, 6.45) is 0. The second kappa shape index (κ2) is 6.62. The molecule has 1 aromatic rings. The van der Waals surface area contributed by atoms with Crippen molar-refractivity contribution < 1.29 is 18.3 Å². The zero-order valence-electron chi connectivity index (χ0n) is 11.0. The van der Waals surface area contributed by atoms with Gasteiger partial charge in [0, 0.05) is 19.1 Å². The number of ether oxygens (including phenoxy) is 1. The van der Waals surface area contributed by atoms with Gasteiger partial charge in [0.15, 0.2) is 0 Å². The van der Waals surface area contributed by atoms with E-state index in [1.807, 2.05) is 6.92 Å². The number of nitrogens with one attached hydrogen (secondary N) is 3. The Kier molecular flexibility index (Phi) is 4.86. The van der Waals surface area contributed by atoms with E-state index in [4.69, 9.17) is 0 Å². The maximum atomic E-state index is 12.3. The summed E-state index contributed by atoms with van der Waals surface area (Å²) in [5, 5.41) is 8.86. The van der Waals surface area contributed by atoms with Gasteiger partial charge in [0.05, 0.1) is 11.7 Å². The Balaban J connectivity index is 2.00. The fraction of sp³-hybridized carbons (Fsp3) is 0.462. The van der Waals surface area contributed by atoms with Crippen LogP contribution in [0.1, 0.15) is 6.92 Å². The standard InChI is InChI=1S/C13H17F2N3O2/c1-8-6-17-10(7-16-8)12(19)18-9-4-2-3-5-11(9)20-13(14)15/h2-5,8,10,13,16-17H,6-7H2,1H3,(H,18,19). The summed E-state index contributed by atoms with van der Waals surface area (Å²) in [4.78, 5) is 12.1. The number of para-hydroxylation sites is 2. The van der Waals surface area contributed by atoms with Crippen molar-refractivity contribution in [3.8, 4) is 5.75 Å². The molecule has 2 rings (SSSR count). The monoisotopic (exact) mass is 285 g/mol. The van der Waals surface area contributed by atoms with E-state index in [1.165, 1.54) is 12.1 Å². The van der Waals surface area contributed by atoms with Crippen LogP contribution >= 0.6 is 0 Å². The Labute approximate surface area is 115 Å². The molecule has 1 aromatic carbocycles. The first-order valence-corrected chi connectivity index (χ1v) is 6.37. The number of halogens is 2. The van der Waals surface area contributed by atoms with Gasteiger partial charge in [0.2, 0.25) is 5.91 Å². The Bertz CT molecular complexity index is 463. The molecule has 1 fully saturated rings. The van der Waals surface area contributed by atoms with Gasteiger partial charge in [0.25, 0.3) is 0 Å². The van der Waals surface area contributed by atoms with Gasteiger partial charge in [-0.2, -0.15) is 8.78 Å². The van der Waals surface area contributed by atoms with Gasteiger partial charge in [-0.1, -0.05) is 12.1 Å². The molecule has 0 saturated carbocycles. The topological polar surface area (TPSA) is 62.4 Å². The van der Waals surface area contributed by atoms with Crippen LogP contribution < -0.4 is 20.7 Å². The largest absolute Gasteiger partial charge is 0.433 e. The van der Waals surface area contributed by atoms with Crippen molar-refractivity contribution in [2.24, 2.45) is 0 Å². The van der Waals surface area contributed by atoms with Crippen LogP contribution in [0.4, 0.5) is 14.5 Å². The van der Waals surface area contributed by atoms with Crippen molar-refractivity contribution in [2.75, 3.05) is 18.4 Å². The van der Waals surface area contributed by atoms with Crippen molar-refractivity contribution in [3.05, 3.63) is 24.3 Å². The molecule has 3 N–H and O–H groups in total. The van der Waals surface area contributed by atoms with Gasteiger partial charge < -0.3 is 20.7 Å². The highest BCUT2D eigenvalue weighted by molar-refractivity contribution is 5.96. The molecule has 2 unspecified atom stereocenters. The number of benzene rings is 1. The number of carbonyl (C=O) groups excluding carboxylic acids is 1. The number of rotatable bonds is 4. The average molecular weight is 285 g/mol. The minimum absolute atomic E-state index is 0.0482. The third-order valence-electron chi connectivity index (χ3n) is 3.02. The minimum atomic E-state index is -2.93. The van der Waals surface area contributed by atoms with Gasteiger partial charge in [-0.15, -0.1) is 0 Å². The van der Waals surface area contributed by atoms with E-state index in [0.29, 0.717) is 19.1 Å². The van der Waals surface area contributed by atoms with Crippen LogP contribution in [0.15, 0.2) is 24.3 Å². The van der Waals surface area contributed by atoms with E-state index in [1.54, 1.807) is 12.1 Å². The van der Waals surface area contributed by atoms with Crippen molar-refractivity contribution >= 4 is 11.6 Å². The Morgan fingerprint density at radius 3 is 2.75 bits per heavy atom. The highest BCUT2D eigenvalue weighted by Gasteiger charge is 2.24. The summed E-state index contributed by atoms with van der Waals surface area (Å²) in [5.74, 6) is -0.331. The summed E-state index contributed by atoms with van der Waals surface area (Å²) in [7, 11) is 0. The van der Waals surface area contributed by atoms with Crippen LogP contribution in [-0.2, 0) is 4.79 Å². The number of amides is 1.